The van der Waals surface area contributed by atoms with E-state index in [4.69, 9.17) is 0 Å². The Morgan fingerprint density at radius 3 is 1.94 bits per heavy atom. The number of halogens is 3. The topological polar surface area (TPSA) is 0 Å². The Kier molecular flexibility index (Phi) is 3.22. The van der Waals surface area contributed by atoms with E-state index in [0.29, 0.717) is 0 Å². The first kappa shape index (κ1) is 11.5. The molecule has 0 bridgehead atoms. The molecule has 1 aromatic carbocycles. The minimum Gasteiger partial charge on any atom is -0.244 e. The summed E-state index contributed by atoms with van der Waals surface area (Å²) in [5.74, 6) is -0.197. The van der Waals surface area contributed by atoms with E-state index >= 15 is 0 Å². The van der Waals surface area contributed by atoms with Crippen LogP contribution in [-0.4, -0.2) is 18.5 Å². The quantitative estimate of drug-likeness (QED) is 0.684. The molecule has 2 unspecified atom stereocenters. The summed E-state index contributed by atoms with van der Waals surface area (Å²) in [6.45, 7) is 1.96. The third-order valence-corrected chi connectivity index (χ3v) is 3.26. The van der Waals surface area contributed by atoms with Crippen molar-refractivity contribution in [3.63, 3.8) is 0 Å². The van der Waals surface area contributed by atoms with Crippen LogP contribution in [0.2, 0.25) is 0 Å². The van der Waals surface area contributed by atoms with Gasteiger partial charge in [-0.3, -0.25) is 0 Å². The van der Waals surface area contributed by atoms with Crippen molar-refractivity contribution in [1.82, 2.24) is 0 Å². The summed E-state index contributed by atoms with van der Waals surface area (Å²) in [6.07, 6.45) is -5.11. The number of hydrogen-bond acceptors (Lipinski definition) is 0. The van der Waals surface area contributed by atoms with Gasteiger partial charge in [-0.15, -0.1) is 0 Å². The third kappa shape index (κ3) is 2.23. The predicted octanol–water partition coefficient (Wildman–Crippen LogP) is 3.89. The molecule has 0 amide bonds. The van der Waals surface area contributed by atoms with Crippen molar-refractivity contribution in [2.45, 2.75) is 44.2 Å². The highest BCUT2D eigenvalue weighted by atomic mass is 19.2. The fraction of sp³-hybridized carbons (Fsp3) is 0.538. The monoisotopic (exact) mass is 228 g/mol. The third-order valence-electron chi connectivity index (χ3n) is 3.26. The lowest BCUT2D eigenvalue weighted by atomic mass is 9.81. The van der Waals surface area contributed by atoms with Gasteiger partial charge in [-0.25, -0.2) is 13.2 Å². The molecule has 0 aromatic heterocycles. The molecule has 1 saturated carbocycles. The summed E-state index contributed by atoms with van der Waals surface area (Å²) in [6, 6.07) is 7.57. The summed E-state index contributed by atoms with van der Waals surface area (Å²) in [5.41, 5.74) is 2.01. The molecule has 1 aliphatic carbocycles. The van der Waals surface area contributed by atoms with E-state index in [9.17, 15) is 13.2 Å². The molecular formula is C13H15F3. The number of aryl methyl sites for hydroxylation is 1. The van der Waals surface area contributed by atoms with Gasteiger partial charge in [-0.2, -0.15) is 0 Å². The molecule has 0 N–H and O–H groups in total. The lowest BCUT2D eigenvalue weighted by molar-refractivity contribution is 0.0339. The molecule has 16 heavy (non-hydrogen) atoms. The highest BCUT2D eigenvalue weighted by Crippen LogP contribution is 2.37. The average molecular weight is 228 g/mol. The van der Waals surface area contributed by atoms with E-state index < -0.39 is 18.5 Å². The van der Waals surface area contributed by atoms with Crippen LogP contribution in [0.1, 0.15) is 29.9 Å². The minimum absolute atomic E-state index is 0.0879. The van der Waals surface area contributed by atoms with E-state index in [1.165, 1.54) is 0 Å². The van der Waals surface area contributed by atoms with Gasteiger partial charge in [0.1, 0.15) is 12.3 Å². The SMILES string of the molecule is Cc1ccc(C2CC(F)C(F)C(F)C2)cc1. The molecule has 1 fully saturated rings. The molecule has 1 aliphatic rings. The Labute approximate surface area is 93.5 Å². The second-order valence-corrected chi connectivity index (χ2v) is 4.56. The first-order valence-electron chi connectivity index (χ1n) is 5.56. The maximum Gasteiger partial charge on any atom is 0.162 e. The molecule has 2 rings (SSSR count). The molecule has 0 heterocycles. The first-order chi connectivity index (χ1) is 7.58. The Bertz CT molecular complexity index is 335. The summed E-state index contributed by atoms with van der Waals surface area (Å²) in [7, 11) is 0. The number of alkyl halides is 3. The van der Waals surface area contributed by atoms with Gasteiger partial charge in [0.05, 0.1) is 0 Å². The molecular weight excluding hydrogens is 213 g/mol. The number of hydrogen-bond donors (Lipinski definition) is 0. The zero-order valence-corrected chi connectivity index (χ0v) is 9.17. The maximum absolute atomic E-state index is 13.2. The lowest BCUT2D eigenvalue weighted by Crippen LogP contribution is -2.36. The van der Waals surface area contributed by atoms with Crippen molar-refractivity contribution in [2.75, 3.05) is 0 Å². The Morgan fingerprint density at radius 1 is 0.938 bits per heavy atom. The molecule has 1 aromatic rings. The van der Waals surface area contributed by atoms with Crippen LogP contribution in [0.25, 0.3) is 0 Å². The van der Waals surface area contributed by atoms with Crippen LogP contribution in [-0.2, 0) is 0 Å². The van der Waals surface area contributed by atoms with Crippen LogP contribution in [0.4, 0.5) is 13.2 Å². The minimum atomic E-state index is -1.94. The van der Waals surface area contributed by atoms with Gasteiger partial charge in [0, 0.05) is 0 Å². The highest BCUT2D eigenvalue weighted by molar-refractivity contribution is 5.25. The average Bonchev–Trinajstić information content (AvgIpc) is 2.26. The van der Waals surface area contributed by atoms with Crippen LogP contribution in [0.3, 0.4) is 0 Å². The predicted molar refractivity (Wildman–Crippen MR) is 57.8 cm³/mol. The Hall–Kier alpha value is -0.990. The van der Waals surface area contributed by atoms with E-state index in [1.807, 2.05) is 31.2 Å². The van der Waals surface area contributed by atoms with Gasteiger partial charge >= 0.3 is 0 Å². The molecule has 88 valence electrons. The second-order valence-electron chi connectivity index (χ2n) is 4.56. The molecule has 0 spiro atoms. The van der Waals surface area contributed by atoms with Gasteiger partial charge in [0.2, 0.25) is 0 Å². The van der Waals surface area contributed by atoms with Gasteiger partial charge in [-0.05, 0) is 31.2 Å². The lowest BCUT2D eigenvalue weighted by Gasteiger charge is -2.30. The molecule has 3 heteroatoms. The van der Waals surface area contributed by atoms with Gasteiger partial charge in [-0.1, -0.05) is 29.8 Å². The molecule has 0 radical (unpaired) electrons. The van der Waals surface area contributed by atoms with Crippen LogP contribution in [0.5, 0.6) is 0 Å². The van der Waals surface area contributed by atoms with Crippen LogP contribution in [0.15, 0.2) is 24.3 Å². The maximum atomic E-state index is 13.2. The molecule has 0 nitrogen and oxygen atoms in total. The van der Waals surface area contributed by atoms with Crippen LogP contribution < -0.4 is 0 Å². The van der Waals surface area contributed by atoms with E-state index in [1.54, 1.807) is 0 Å². The van der Waals surface area contributed by atoms with E-state index in [-0.39, 0.29) is 18.8 Å². The zero-order valence-electron chi connectivity index (χ0n) is 9.17. The van der Waals surface area contributed by atoms with Crippen molar-refractivity contribution < 1.29 is 13.2 Å². The van der Waals surface area contributed by atoms with E-state index in [2.05, 4.69) is 0 Å². The summed E-state index contributed by atoms with van der Waals surface area (Å²) in [5, 5.41) is 0. The Morgan fingerprint density at radius 2 is 1.44 bits per heavy atom. The van der Waals surface area contributed by atoms with Crippen molar-refractivity contribution >= 4 is 0 Å². The van der Waals surface area contributed by atoms with Crippen molar-refractivity contribution in [2.24, 2.45) is 0 Å². The van der Waals surface area contributed by atoms with Crippen molar-refractivity contribution in [3.8, 4) is 0 Å². The summed E-state index contributed by atoms with van der Waals surface area (Å²) in [4.78, 5) is 0. The summed E-state index contributed by atoms with van der Waals surface area (Å²) < 4.78 is 39.4. The zero-order chi connectivity index (χ0) is 11.7. The van der Waals surface area contributed by atoms with Crippen LogP contribution >= 0.6 is 0 Å². The number of rotatable bonds is 1. The number of benzene rings is 1. The second kappa shape index (κ2) is 4.48. The molecule has 2 atom stereocenters. The summed E-state index contributed by atoms with van der Waals surface area (Å²) >= 11 is 0. The van der Waals surface area contributed by atoms with Crippen molar-refractivity contribution in [1.29, 1.82) is 0 Å². The van der Waals surface area contributed by atoms with Gasteiger partial charge < -0.3 is 0 Å². The first-order valence-corrected chi connectivity index (χ1v) is 5.56. The van der Waals surface area contributed by atoms with Gasteiger partial charge in [0.15, 0.2) is 6.17 Å². The fourth-order valence-electron chi connectivity index (χ4n) is 2.24. The standard InChI is InChI=1S/C13H15F3/c1-8-2-4-9(5-3-8)10-6-11(14)13(16)12(15)7-10/h2-5,10-13H,6-7H2,1H3. The smallest absolute Gasteiger partial charge is 0.162 e. The van der Waals surface area contributed by atoms with E-state index in [0.717, 1.165) is 11.1 Å². The fourth-order valence-corrected chi connectivity index (χ4v) is 2.24. The highest BCUT2D eigenvalue weighted by Gasteiger charge is 2.39. The Balaban J connectivity index is 2.13. The van der Waals surface area contributed by atoms with Crippen LogP contribution in [0, 0.1) is 6.92 Å². The largest absolute Gasteiger partial charge is 0.244 e. The molecule has 0 saturated heterocycles. The molecule has 0 aliphatic heterocycles. The van der Waals surface area contributed by atoms with Crippen molar-refractivity contribution in [3.05, 3.63) is 35.4 Å². The van der Waals surface area contributed by atoms with Gasteiger partial charge in [0.25, 0.3) is 0 Å². The normalized spacial score (nSPS) is 35.0.